The molecule has 0 spiro atoms. The molecule has 1 saturated heterocycles. The van der Waals surface area contributed by atoms with Gasteiger partial charge in [0.2, 0.25) is 5.91 Å². The number of hydrogen-bond acceptors (Lipinski definition) is 2. The zero-order valence-corrected chi connectivity index (χ0v) is 7.88. The van der Waals surface area contributed by atoms with E-state index in [1.165, 1.54) is 0 Å². The molecule has 0 saturated carbocycles. The van der Waals surface area contributed by atoms with E-state index in [-0.39, 0.29) is 5.91 Å². The minimum Gasteiger partial charge on any atom is -0.384 e. The fraction of sp³-hybridized carbons (Fsp3) is 0.889. The van der Waals surface area contributed by atoms with Crippen molar-refractivity contribution < 1.29 is 9.53 Å². The Hall–Kier alpha value is -0.570. The topological polar surface area (TPSA) is 29.5 Å². The minimum absolute atomic E-state index is 0.200. The SMILES string of the molecule is COCC1CCN(C(C)=O)CC1. The molecule has 1 rings (SSSR count). The minimum atomic E-state index is 0.200. The standard InChI is InChI=1S/C9H17NO2/c1-8(11)10-5-3-9(4-6-10)7-12-2/h9H,3-7H2,1-2H3. The van der Waals surface area contributed by atoms with Crippen LogP contribution in [0.1, 0.15) is 19.8 Å². The molecule has 12 heavy (non-hydrogen) atoms. The van der Waals surface area contributed by atoms with Crippen LogP contribution in [0.4, 0.5) is 0 Å². The van der Waals surface area contributed by atoms with Gasteiger partial charge in [-0.2, -0.15) is 0 Å². The van der Waals surface area contributed by atoms with Crippen LogP contribution in [0.15, 0.2) is 0 Å². The summed E-state index contributed by atoms with van der Waals surface area (Å²) in [6, 6.07) is 0. The zero-order valence-electron chi connectivity index (χ0n) is 7.88. The van der Waals surface area contributed by atoms with E-state index < -0.39 is 0 Å². The second kappa shape index (κ2) is 4.45. The molecule has 0 atom stereocenters. The van der Waals surface area contributed by atoms with E-state index in [1.807, 2.05) is 4.90 Å². The van der Waals surface area contributed by atoms with Gasteiger partial charge >= 0.3 is 0 Å². The van der Waals surface area contributed by atoms with Crippen LogP contribution < -0.4 is 0 Å². The van der Waals surface area contributed by atoms with Gasteiger partial charge in [-0.05, 0) is 18.8 Å². The van der Waals surface area contributed by atoms with Crippen molar-refractivity contribution in [2.75, 3.05) is 26.8 Å². The molecule has 1 fully saturated rings. The van der Waals surface area contributed by atoms with Crippen molar-refractivity contribution in [2.24, 2.45) is 5.92 Å². The van der Waals surface area contributed by atoms with Gasteiger partial charge in [0.25, 0.3) is 0 Å². The third kappa shape index (κ3) is 2.48. The third-order valence-corrected chi connectivity index (χ3v) is 2.46. The van der Waals surface area contributed by atoms with Gasteiger partial charge in [0.05, 0.1) is 0 Å². The van der Waals surface area contributed by atoms with Gasteiger partial charge < -0.3 is 9.64 Å². The van der Waals surface area contributed by atoms with Crippen LogP contribution in [0.25, 0.3) is 0 Å². The molecule has 1 heterocycles. The monoisotopic (exact) mass is 171 g/mol. The number of carbonyl (C=O) groups is 1. The smallest absolute Gasteiger partial charge is 0.219 e. The van der Waals surface area contributed by atoms with Crippen molar-refractivity contribution in [2.45, 2.75) is 19.8 Å². The van der Waals surface area contributed by atoms with Crippen LogP contribution in [0.3, 0.4) is 0 Å². The lowest BCUT2D eigenvalue weighted by Gasteiger charge is -2.30. The number of likely N-dealkylation sites (tertiary alicyclic amines) is 1. The van der Waals surface area contributed by atoms with Crippen LogP contribution in [0.5, 0.6) is 0 Å². The summed E-state index contributed by atoms with van der Waals surface area (Å²) in [5.41, 5.74) is 0. The maximum atomic E-state index is 11.0. The Kier molecular flexibility index (Phi) is 3.53. The lowest BCUT2D eigenvalue weighted by molar-refractivity contribution is -0.130. The van der Waals surface area contributed by atoms with Crippen LogP contribution >= 0.6 is 0 Å². The molecule has 0 aromatic carbocycles. The highest BCUT2D eigenvalue weighted by Gasteiger charge is 2.19. The summed E-state index contributed by atoms with van der Waals surface area (Å²) in [4.78, 5) is 12.9. The second-order valence-electron chi connectivity index (χ2n) is 3.40. The van der Waals surface area contributed by atoms with Crippen LogP contribution in [-0.2, 0) is 9.53 Å². The van der Waals surface area contributed by atoms with E-state index in [0.717, 1.165) is 32.5 Å². The zero-order chi connectivity index (χ0) is 8.97. The number of rotatable bonds is 2. The Bertz CT molecular complexity index is 151. The summed E-state index contributed by atoms with van der Waals surface area (Å²) < 4.78 is 5.07. The predicted molar refractivity (Wildman–Crippen MR) is 46.9 cm³/mol. The summed E-state index contributed by atoms with van der Waals surface area (Å²) in [5, 5.41) is 0. The first-order valence-electron chi connectivity index (χ1n) is 4.48. The lowest BCUT2D eigenvalue weighted by atomic mass is 9.98. The molecule has 70 valence electrons. The number of amides is 1. The van der Waals surface area contributed by atoms with Crippen LogP contribution in [-0.4, -0.2) is 37.6 Å². The van der Waals surface area contributed by atoms with E-state index in [1.54, 1.807) is 14.0 Å². The van der Waals surface area contributed by atoms with Crippen LogP contribution in [0, 0.1) is 5.92 Å². The van der Waals surface area contributed by atoms with E-state index >= 15 is 0 Å². The first kappa shape index (κ1) is 9.52. The Labute approximate surface area is 73.7 Å². The first-order valence-corrected chi connectivity index (χ1v) is 4.48. The maximum Gasteiger partial charge on any atom is 0.219 e. The third-order valence-electron chi connectivity index (χ3n) is 2.46. The maximum absolute atomic E-state index is 11.0. The number of methoxy groups -OCH3 is 1. The van der Waals surface area contributed by atoms with Gasteiger partial charge in [-0.25, -0.2) is 0 Å². The number of carbonyl (C=O) groups excluding carboxylic acids is 1. The van der Waals surface area contributed by atoms with Crippen molar-refractivity contribution in [1.82, 2.24) is 4.90 Å². The summed E-state index contributed by atoms with van der Waals surface area (Å²) in [6.07, 6.45) is 2.18. The fourth-order valence-electron chi connectivity index (χ4n) is 1.65. The number of piperidine rings is 1. The molecule has 1 aliphatic heterocycles. The van der Waals surface area contributed by atoms with Gasteiger partial charge in [0, 0.05) is 33.7 Å². The van der Waals surface area contributed by atoms with Gasteiger partial charge in [-0.15, -0.1) is 0 Å². The molecule has 1 aliphatic rings. The Morgan fingerprint density at radius 2 is 2.08 bits per heavy atom. The average molecular weight is 171 g/mol. The molecular weight excluding hydrogens is 154 g/mol. The lowest BCUT2D eigenvalue weighted by Crippen LogP contribution is -2.37. The van der Waals surface area contributed by atoms with Crippen molar-refractivity contribution >= 4 is 5.91 Å². The largest absolute Gasteiger partial charge is 0.384 e. The van der Waals surface area contributed by atoms with Gasteiger partial charge in [-0.1, -0.05) is 0 Å². The Morgan fingerprint density at radius 3 is 2.50 bits per heavy atom. The molecule has 0 aliphatic carbocycles. The summed E-state index contributed by atoms with van der Waals surface area (Å²) in [5.74, 6) is 0.858. The van der Waals surface area contributed by atoms with Gasteiger partial charge in [0.15, 0.2) is 0 Å². The molecule has 1 amide bonds. The highest BCUT2D eigenvalue weighted by atomic mass is 16.5. The van der Waals surface area contributed by atoms with E-state index in [0.29, 0.717) is 5.92 Å². The molecule has 3 nitrogen and oxygen atoms in total. The Balaban J connectivity index is 2.25. The molecule has 0 aromatic rings. The normalized spacial score (nSPS) is 19.7. The average Bonchev–Trinajstić information content (AvgIpc) is 2.06. The molecule has 0 bridgehead atoms. The first-order chi connectivity index (χ1) is 5.74. The molecule has 0 N–H and O–H groups in total. The summed E-state index contributed by atoms with van der Waals surface area (Å²) >= 11 is 0. The summed E-state index contributed by atoms with van der Waals surface area (Å²) in [7, 11) is 1.73. The number of hydrogen-bond donors (Lipinski definition) is 0. The Morgan fingerprint density at radius 1 is 1.50 bits per heavy atom. The van der Waals surface area contributed by atoms with E-state index in [9.17, 15) is 4.79 Å². The predicted octanol–water partition coefficient (Wildman–Crippen LogP) is 0.891. The number of nitrogens with zero attached hydrogens (tertiary/aromatic N) is 1. The summed E-state index contributed by atoms with van der Waals surface area (Å²) in [6.45, 7) is 4.29. The van der Waals surface area contributed by atoms with Crippen LogP contribution in [0.2, 0.25) is 0 Å². The van der Waals surface area contributed by atoms with Gasteiger partial charge in [-0.3, -0.25) is 4.79 Å². The van der Waals surface area contributed by atoms with Crippen molar-refractivity contribution in [3.63, 3.8) is 0 Å². The van der Waals surface area contributed by atoms with E-state index in [4.69, 9.17) is 4.74 Å². The fourth-order valence-corrected chi connectivity index (χ4v) is 1.65. The molecule has 0 aromatic heterocycles. The van der Waals surface area contributed by atoms with Crippen molar-refractivity contribution in [1.29, 1.82) is 0 Å². The molecular formula is C9H17NO2. The van der Waals surface area contributed by atoms with Crippen molar-refractivity contribution in [3.05, 3.63) is 0 Å². The highest BCUT2D eigenvalue weighted by Crippen LogP contribution is 2.16. The molecule has 0 unspecified atom stereocenters. The second-order valence-corrected chi connectivity index (χ2v) is 3.40. The highest BCUT2D eigenvalue weighted by molar-refractivity contribution is 5.73. The quantitative estimate of drug-likeness (QED) is 0.617. The van der Waals surface area contributed by atoms with Gasteiger partial charge in [0.1, 0.15) is 0 Å². The molecule has 0 radical (unpaired) electrons. The van der Waals surface area contributed by atoms with E-state index in [2.05, 4.69) is 0 Å². The van der Waals surface area contributed by atoms with Crippen molar-refractivity contribution in [3.8, 4) is 0 Å². The number of ether oxygens (including phenoxy) is 1. The molecule has 3 heteroatoms.